The molecule has 152 valence electrons. The molecule has 0 amide bonds. The number of nitrogens with zero attached hydrogens (tertiary/aromatic N) is 1. The van der Waals surface area contributed by atoms with Gasteiger partial charge in [-0.05, 0) is 95.0 Å². The van der Waals surface area contributed by atoms with Crippen molar-refractivity contribution in [3.8, 4) is 0 Å². The van der Waals surface area contributed by atoms with Crippen LogP contribution in [-0.4, -0.2) is 17.5 Å². The second-order valence-corrected chi connectivity index (χ2v) is 10.6. The quantitative estimate of drug-likeness (QED) is 0.494. The first-order valence-electron chi connectivity index (χ1n) is 11.4. The van der Waals surface area contributed by atoms with Gasteiger partial charge in [0.2, 0.25) is 0 Å². The lowest BCUT2D eigenvalue weighted by atomic mass is 9.85. The molecule has 0 saturated heterocycles. The summed E-state index contributed by atoms with van der Waals surface area (Å²) in [6.07, 6.45) is 16.5. The fourth-order valence-electron chi connectivity index (χ4n) is 5.80. The number of rotatable bonds is 2. The molecule has 0 spiro atoms. The van der Waals surface area contributed by atoms with Gasteiger partial charge in [-0.3, -0.25) is 0 Å². The Labute approximate surface area is 183 Å². The van der Waals surface area contributed by atoms with Crippen molar-refractivity contribution in [3.63, 3.8) is 0 Å². The van der Waals surface area contributed by atoms with Gasteiger partial charge in [-0.2, -0.15) is 0 Å². The topological polar surface area (TPSA) is 3.24 Å². The summed E-state index contributed by atoms with van der Waals surface area (Å²) in [6, 6.07) is 7.63. The highest BCUT2D eigenvalue weighted by molar-refractivity contribution is 7.20. The van der Waals surface area contributed by atoms with Gasteiger partial charge in [0.05, 0.1) is 6.04 Å². The largest absolute Gasteiger partial charge is 0.363 e. The zero-order valence-electron chi connectivity index (χ0n) is 18.2. The smallest absolute Gasteiger partial charge is 0.0744 e. The number of thiophene rings is 1. The van der Waals surface area contributed by atoms with Crippen molar-refractivity contribution in [1.82, 2.24) is 4.90 Å². The van der Waals surface area contributed by atoms with Crippen LogP contribution in [0.4, 0.5) is 0 Å². The number of hydrogen-bond acceptors (Lipinski definition) is 2. The van der Waals surface area contributed by atoms with Crippen LogP contribution < -0.4 is 0 Å². The highest BCUT2D eigenvalue weighted by atomic mass is 32.1. The van der Waals surface area contributed by atoms with E-state index < -0.39 is 0 Å². The van der Waals surface area contributed by atoms with Crippen molar-refractivity contribution in [2.24, 2.45) is 5.92 Å². The Bertz CT molecular complexity index is 1210. The molecule has 0 fully saturated rings. The number of benzene rings is 1. The Balaban J connectivity index is 1.46. The van der Waals surface area contributed by atoms with Crippen LogP contribution in [0.1, 0.15) is 56.0 Å². The average Bonchev–Trinajstić information content (AvgIpc) is 3.30. The lowest BCUT2D eigenvalue weighted by Gasteiger charge is -2.31. The van der Waals surface area contributed by atoms with E-state index in [1.54, 1.807) is 21.6 Å². The Morgan fingerprint density at radius 1 is 1.13 bits per heavy atom. The Kier molecular flexibility index (Phi) is 4.21. The Morgan fingerprint density at radius 3 is 2.83 bits per heavy atom. The van der Waals surface area contributed by atoms with Crippen LogP contribution in [0.2, 0.25) is 0 Å². The van der Waals surface area contributed by atoms with E-state index in [1.807, 2.05) is 11.3 Å². The van der Waals surface area contributed by atoms with Crippen LogP contribution in [0.25, 0.3) is 21.2 Å². The first-order chi connectivity index (χ1) is 14.6. The average molecular weight is 412 g/mol. The molecule has 1 aromatic heterocycles. The van der Waals surface area contributed by atoms with Crippen molar-refractivity contribution >= 4 is 32.6 Å². The molecule has 0 bridgehead atoms. The maximum absolute atomic E-state index is 2.58. The molecule has 2 aliphatic heterocycles. The summed E-state index contributed by atoms with van der Waals surface area (Å²) >= 11 is 2.03. The van der Waals surface area contributed by atoms with Crippen LogP contribution in [0.5, 0.6) is 0 Å². The summed E-state index contributed by atoms with van der Waals surface area (Å²) in [5.74, 6) is 0.582. The lowest BCUT2D eigenvalue weighted by Crippen LogP contribution is -2.29. The standard InChI is InChI=1S/C28H29NS/c1-17(2)23-14-25-27-21(16-29(25)15-18(23)3)9-11-22-24-13-20(19-7-5-4-6-8-19)10-12-26(24)30-28(22)27/h4-5,7,10,12-15,17,25H,6,8-9,11,16H2,1-3H3. The van der Waals surface area contributed by atoms with E-state index in [4.69, 9.17) is 0 Å². The molecule has 4 aliphatic rings. The van der Waals surface area contributed by atoms with Gasteiger partial charge in [-0.15, -0.1) is 11.3 Å². The number of fused-ring (bicyclic) bond motifs is 6. The lowest BCUT2D eigenvalue weighted by molar-refractivity contribution is 0.408. The van der Waals surface area contributed by atoms with Crippen LogP contribution in [0.15, 0.2) is 65.4 Å². The van der Waals surface area contributed by atoms with Crippen molar-refractivity contribution in [2.45, 2.75) is 52.5 Å². The van der Waals surface area contributed by atoms with E-state index in [0.717, 1.165) is 19.4 Å². The van der Waals surface area contributed by atoms with Gasteiger partial charge < -0.3 is 4.90 Å². The van der Waals surface area contributed by atoms with Crippen molar-refractivity contribution in [3.05, 3.63) is 81.4 Å². The molecule has 0 N–H and O–H groups in total. The van der Waals surface area contributed by atoms with E-state index in [-0.39, 0.29) is 0 Å². The molecule has 0 saturated carbocycles. The fourth-order valence-corrected chi connectivity index (χ4v) is 7.16. The van der Waals surface area contributed by atoms with E-state index in [0.29, 0.717) is 12.0 Å². The van der Waals surface area contributed by atoms with Crippen molar-refractivity contribution in [2.75, 3.05) is 6.54 Å². The van der Waals surface area contributed by atoms with Crippen LogP contribution >= 0.6 is 11.3 Å². The number of hydrogen-bond donors (Lipinski definition) is 0. The molecule has 1 unspecified atom stereocenters. The van der Waals surface area contributed by atoms with Crippen LogP contribution in [0, 0.1) is 5.92 Å². The van der Waals surface area contributed by atoms with Gasteiger partial charge in [0.15, 0.2) is 0 Å². The molecule has 3 heterocycles. The third-order valence-corrected chi connectivity index (χ3v) is 8.52. The van der Waals surface area contributed by atoms with E-state index in [9.17, 15) is 0 Å². The minimum Gasteiger partial charge on any atom is -0.363 e. The fraction of sp³-hybridized carbons (Fsp3) is 0.357. The number of allylic oxidation sites excluding steroid dienone is 6. The summed E-state index contributed by atoms with van der Waals surface area (Å²) in [5, 5.41) is 1.50. The minimum atomic E-state index is 0.430. The normalized spacial score (nSPS) is 22.7. The van der Waals surface area contributed by atoms with Crippen LogP contribution in [0.3, 0.4) is 0 Å². The van der Waals surface area contributed by atoms with Crippen molar-refractivity contribution in [1.29, 1.82) is 0 Å². The summed E-state index contributed by atoms with van der Waals surface area (Å²) in [5.41, 5.74) is 10.8. The third-order valence-electron chi connectivity index (χ3n) is 7.28. The van der Waals surface area contributed by atoms with E-state index >= 15 is 0 Å². The second-order valence-electron chi connectivity index (χ2n) is 9.50. The van der Waals surface area contributed by atoms with Gasteiger partial charge in [0.25, 0.3) is 0 Å². The van der Waals surface area contributed by atoms with E-state index in [2.05, 4.69) is 74.4 Å². The molecule has 0 radical (unpaired) electrons. The maximum atomic E-state index is 2.58. The summed E-state index contributed by atoms with van der Waals surface area (Å²) in [4.78, 5) is 4.15. The zero-order chi connectivity index (χ0) is 20.4. The molecule has 6 rings (SSSR count). The SMILES string of the molecule is CC1=CN2CC3=C(c4sc5ccc(C6=CC=CCC6)cc5c4CC3)C2C=C1C(C)C. The summed E-state index contributed by atoms with van der Waals surface area (Å²) in [7, 11) is 0. The zero-order valence-corrected chi connectivity index (χ0v) is 19.0. The molecular weight excluding hydrogens is 382 g/mol. The van der Waals surface area contributed by atoms with Gasteiger partial charge in [0.1, 0.15) is 0 Å². The predicted octanol–water partition coefficient (Wildman–Crippen LogP) is 7.52. The van der Waals surface area contributed by atoms with Crippen molar-refractivity contribution < 1.29 is 0 Å². The monoisotopic (exact) mass is 411 g/mol. The first-order valence-corrected chi connectivity index (χ1v) is 12.2. The molecule has 2 aromatic rings. The van der Waals surface area contributed by atoms with Gasteiger partial charge in [-0.25, -0.2) is 0 Å². The van der Waals surface area contributed by atoms with Gasteiger partial charge in [-0.1, -0.05) is 44.2 Å². The highest BCUT2D eigenvalue weighted by Gasteiger charge is 2.37. The summed E-state index contributed by atoms with van der Waals surface area (Å²) < 4.78 is 1.46. The molecule has 1 nitrogen and oxygen atoms in total. The molecule has 2 aliphatic carbocycles. The molecule has 1 aromatic carbocycles. The van der Waals surface area contributed by atoms with Crippen LogP contribution in [-0.2, 0) is 6.42 Å². The van der Waals surface area contributed by atoms with E-state index in [1.165, 1.54) is 45.2 Å². The molecule has 2 heteroatoms. The Hall–Kier alpha value is -2.32. The Morgan fingerprint density at radius 2 is 2.03 bits per heavy atom. The van der Waals surface area contributed by atoms with Gasteiger partial charge in [0, 0.05) is 22.3 Å². The third kappa shape index (κ3) is 2.73. The molecule has 30 heavy (non-hydrogen) atoms. The second kappa shape index (κ2) is 6.85. The highest BCUT2D eigenvalue weighted by Crippen LogP contribution is 2.49. The predicted molar refractivity (Wildman–Crippen MR) is 131 cm³/mol. The minimum absolute atomic E-state index is 0.430. The molecule has 1 atom stereocenters. The number of aryl methyl sites for hydroxylation is 1. The first kappa shape index (κ1) is 18.4. The molecular formula is C28H29NS. The van der Waals surface area contributed by atoms with Gasteiger partial charge >= 0.3 is 0 Å². The summed E-state index contributed by atoms with van der Waals surface area (Å²) in [6.45, 7) is 8.04. The maximum Gasteiger partial charge on any atom is 0.0744 e.